The highest BCUT2D eigenvalue weighted by Gasteiger charge is 2.54. The number of Topliss-reactive ketones (excluding diaryl/α,β-unsaturated/α-hetero) is 1. The number of carbonyl (C=O) groups excluding carboxylic acids is 1. The van der Waals surface area contributed by atoms with E-state index in [1.54, 1.807) is 12.1 Å². The van der Waals surface area contributed by atoms with E-state index in [1.807, 2.05) is 12.1 Å². The zero-order chi connectivity index (χ0) is 13.0. The molecule has 3 rings (SSSR count). The molecule has 0 spiro atoms. The van der Waals surface area contributed by atoms with E-state index in [4.69, 9.17) is 0 Å². The van der Waals surface area contributed by atoms with E-state index in [-0.39, 0.29) is 10.8 Å². The average molecular weight is 242 g/mol. The third-order valence-electron chi connectivity index (χ3n) is 4.84. The number of aromatic hydroxyl groups is 1. The molecule has 2 heteroatoms. The Morgan fingerprint density at radius 3 is 2.33 bits per heavy atom. The molecule has 2 atom stereocenters. The predicted molar refractivity (Wildman–Crippen MR) is 71.2 cm³/mol. The lowest BCUT2D eigenvalue weighted by Gasteiger charge is -2.32. The van der Waals surface area contributed by atoms with Gasteiger partial charge in [0.2, 0.25) is 0 Å². The lowest BCUT2D eigenvalue weighted by atomic mass is 9.70. The molecular formula is C16H18O2. The Labute approximate surface area is 107 Å². The maximum Gasteiger partial charge on any atom is 0.134 e. The number of phenolic OH excluding ortho intramolecular Hbond substituents is 1. The van der Waals surface area contributed by atoms with Crippen LogP contribution in [-0.2, 0) is 4.79 Å². The molecule has 0 aliphatic heterocycles. The maximum atomic E-state index is 11.7. The van der Waals surface area contributed by atoms with Gasteiger partial charge in [0.1, 0.15) is 11.5 Å². The Morgan fingerprint density at radius 2 is 1.72 bits per heavy atom. The molecule has 1 N–H and O–H groups in total. The standard InChI is InChI=1S/C16H18O2/c1-15-7-12(11-3-5-13(17)6-4-11)8-16(15,2)10-14(18)9-15/h3-7,17H,8-10H2,1-2H3. The normalized spacial score (nSPS) is 34.6. The van der Waals surface area contributed by atoms with E-state index in [0.29, 0.717) is 24.4 Å². The topological polar surface area (TPSA) is 37.3 Å². The van der Waals surface area contributed by atoms with Gasteiger partial charge in [-0.15, -0.1) is 0 Å². The number of hydrogen-bond acceptors (Lipinski definition) is 2. The zero-order valence-corrected chi connectivity index (χ0v) is 10.9. The molecule has 94 valence electrons. The van der Waals surface area contributed by atoms with Gasteiger partial charge in [0.05, 0.1) is 0 Å². The smallest absolute Gasteiger partial charge is 0.134 e. The van der Waals surface area contributed by atoms with Gasteiger partial charge < -0.3 is 5.11 Å². The summed E-state index contributed by atoms with van der Waals surface area (Å²) >= 11 is 0. The summed E-state index contributed by atoms with van der Waals surface area (Å²) in [5, 5.41) is 9.33. The number of allylic oxidation sites excluding steroid dienone is 2. The number of phenols is 1. The molecule has 0 heterocycles. The summed E-state index contributed by atoms with van der Waals surface area (Å²) in [7, 11) is 0. The fraction of sp³-hybridized carbons (Fsp3) is 0.438. The molecular weight excluding hydrogens is 224 g/mol. The van der Waals surface area contributed by atoms with Crippen LogP contribution in [0.4, 0.5) is 0 Å². The van der Waals surface area contributed by atoms with Crippen molar-refractivity contribution in [2.24, 2.45) is 10.8 Å². The van der Waals surface area contributed by atoms with Crippen LogP contribution in [0.1, 0.15) is 38.7 Å². The lowest BCUT2D eigenvalue weighted by molar-refractivity contribution is -0.118. The largest absolute Gasteiger partial charge is 0.508 e. The first-order valence-corrected chi connectivity index (χ1v) is 6.45. The molecule has 1 aromatic carbocycles. The SMILES string of the molecule is CC12C=C(c3ccc(O)cc3)CC1(C)CC(=O)C2. The van der Waals surface area contributed by atoms with Crippen LogP contribution in [0.25, 0.3) is 5.57 Å². The molecule has 1 fully saturated rings. The highest BCUT2D eigenvalue weighted by atomic mass is 16.3. The van der Waals surface area contributed by atoms with Crippen LogP contribution in [0.3, 0.4) is 0 Å². The Kier molecular flexibility index (Phi) is 2.22. The van der Waals surface area contributed by atoms with Gasteiger partial charge in [-0.1, -0.05) is 32.1 Å². The van der Waals surface area contributed by atoms with E-state index in [9.17, 15) is 9.90 Å². The molecule has 0 amide bonds. The van der Waals surface area contributed by atoms with E-state index in [2.05, 4.69) is 19.9 Å². The molecule has 2 aliphatic rings. The molecule has 2 nitrogen and oxygen atoms in total. The predicted octanol–water partition coefficient (Wildman–Crippen LogP) is 3.55. The first-order valence-electron chi connectivity index (χ1n) is 6.45. The molecule has 0 bridgehead atoms. The van der Waals surface area contributed by atoms with Crippen LogP contribution in [0, 0.1) is 10.8 Å². The van der Waals surface area contributed by atoms with Gasteiger partial charge in [-0.3, -0.25) is 4.79 Å². The van der Waals surface area contributed by atoms with Crippen molar-refractivity contribution in [3.05, 3.63) is 35.9 Å². The maximum absolute atomic E-state index is 11.7. The second-order valence-corrected chi connectivity index (χ2v) is 6.26. The summed E-state index contributed by atoms with van der Waals surface area (Å²) in [4.78, 5) is 11.7. The minimum Gasteiger partial charge on any atom is -0.508 e. The highest BCUT2D eigenvalue weighted by Crippen LogP contribution is 2.61. The quantitative estimate of drug-likeness (QED) is 0.817. The Bertz CT molecular complexity index is 541. The van der Waals surface area contributed by atoms with E-state index < -0.39 is 0 Å². The van der Waals surface area contributed by atoms with Crippen molar-refractivity contribution >= 4 is 11.4 Å². The van der Waals surface area contributed by atoms with Crippen LogP contribution < -0.4 is 0 Å². The fourth-order valence-corrected chi connectivity index (χ4v) is 3.53. The number of hydrogen-bond donors (Lipinski definition) is 1. The summed E-state index contributed by atoms with van der Waals surface area (Å²) in [5.41, 5.74) is 2.57. The Morgan fingerprint density at radius 1 is 1.06 bits per heavy atom. The summed E-state index contributed by atoms with van der Waals surface area (Å²) in [5.74, 6) is 0.686. The van der Waals surface area contributed by atoms with Crippen LogP contribution in [0.5, 0.6) is 5.75 Å². The second kappa shape index (κ2) is 3.47. The van der Waals surface area contributed by atoms with Crippen LogP contribution in [0.15, 0.2) is 30.3 Å². The molecule has 1 saturated carbocycles. The van der Waals surface area contributed by atoms with Gasteiger partial charge in [0, 0.05) is 12.8 Å². The van der Waals surface area contributed by atoms with Crippen molar-refractivity contribution in [1.29, 1.82) is 0 Å². The Balaban J connectivity index is 1.98. The van der Waals surface area contributed by atoms with Gasteiger partial charge in [0.15, 0.2) is 0 Å². The van der Waals surface area contributed by atoms with Gasteiger partial charge in [-0.25, -0.2) is 0 Å². The first-order chi connectivity index (χ1) is 8.42. The van der Waals surface area contributed by atoms with Crippen molar-refractivity contribution < 1.29 is 9.90 Å². The third kappa shape index (κ3) is 1.52. The van der Waals surface area contributed by atoms with Crippen LogP contribution in [-0.4, -0.2) is 10.9 Å². The number of carbonyl (C=O) groups is 1. The second-order valence-electron chi connectivity index (χ2n) is 6.26. The number of fused-ring (bicyclic) bond motifs is 1. The van der Waals surface area contributed by atoms with Crippen molar-refractivity contribution in [2.75, 3.05) is 0 Å². The van der Waals surface area contributed by atoms with Crippen molar-refractivity contribution in [1.82, 2.24) is 0 Å². The van der Waals surface area contributed by atoms with E-state index in [1.165, 1.54) is 5.57 Å². The molecule has 0 aromatic heterocycles. The zero-order valence-electron chi connectivity index (χ0n) is 10.9. The molecule has 2 aliphatic carbocycles. The van der Waals surface area contributed by atoms with Gasteiger partial charge in [-0.2, -0.15) is 0 Å². The molecule has 0 saturated heterocycles. The Hall–Kier alpha value is -1.57. The van der Waals surface area contributed by atoms with E-state index >= 15 is 0 Å². The summed E-state index contributed by atoms with van der Waals surface area (Å²) in [6.45, 7) is 4.42. The average Bonchev–Trinajstić information content (AvgIpc) is 2.62. The van der Waals surface area contributed by atoms with Crippen molar-refractivity contribution in [3.63, 3.8) is 0 Å². The minimum atomic E-state index is 0.0112. The fourth-order valence-electron chi connectivity index (χ4n) is 3.53. The summed E-state index contributed by atoms with van der Waals surface area (Å²) in [6, 6.07) is 7.35. The third-order valence-corrected chi connectivity index (χ3v) is 4.84. The van der Waals surface area contributed by atoms with Crippen LogP contribution >= 0.6 is 0 Å². The first kappa shape index (κ1) is 11.5. The van der Waals surface area contributed by atoms with Crippen molar-refractivity contribution in [3.8, 4) is 5.75 Å². The number of ketones is 1. The highest BCUT2D eigenvalue weighted by molar-refractivity contribution is 5.86. The van der Waals surface area contributed by atoms with Crippen LogP contribution in [0.2, 0.25) is 0 Å². The molecule has 0 radical (unpaired) electrons. The molecule has 1 aromatic rings. The molecule has 2 unspecified atom stereocenters. The van der Waals surface area contributed by atoms with E-state index in [0.717, 1.165) is 12.0 Å². The molecule has 18 heavy (non-hydrogen) atoms. The van der Waals surface area contributed by atoms with Gasteiger partial charge in [-0.05, 0) is 40.5 Å². The van der Waals surface area contributed by atoms with Gasteiger partial charge in [0.25, 0.3) is 0 Å². The van der Waals surface area contributed by atoms with Crippen molar-refractivity contribution in [2.45, 2.75) is 33.1 Å². The minimum absolute atomic E-state index is 0.0112. The monoisotopic (exact) mass is 242 g/mol. The number of rotatable bonds is 1. The van der Waals surface area contributed by atoms with Gasteiger partial charge >= 0.3 is 0 Å². The lowest BCUT2D eigenvalue weighted by Crippen LogP contribution is -2.25. The number of benzene rings is 1. The summed E-state index contributed by atoms with van der Waals surface area (Å²) in [6.07, 6.45) is 4.61. The summed E-state index contributed by atoms with van der Waals surface area (Å²) < 4.78 is 0.